The van der Waals surface area contributed by atoms with Gasteiger partial charge in [0.25, 0.3) is 5.91 Å². The molecule has 0 bridgehead atoms. The van der Waals surface area contributed by atoms with Gasteiger partial charge in [0.1, 0.15) is 0 Å². The van der Waals surface area contributed by atoms with Crippen molar-refractivity contribution in [3.63, 3.8) is 0 Å². The van der Waals surface area contributed by atoms with Crippen LogP contribution in [0.25, 0.3) is 0 Å². The summed E-state index contributed by atoms with van der Waals surface area (Å²) in [6.07, 6.45) is 7.80. The Morgan fingerprint density at radius 2 is 2.10 bits per heavy atom. The van der Waals surface area contributed by atoms with Crippen LogP contribution < -0.4 is 5.32 Å². The van der Waals surface area contributed by atoms with E-state index in [0.717, 1.165) is 29.7 Å². The summed E-state index contributed by atoms with van der Waals surface area (Å²) >= 11 is 1.61. The van der Waals surface area contributed by atoms with Crippen LogP contribution in [0.4, 0.5) is 0 Å². The lowest BCUT2D eigenvalue weighted by molar-refractivity contribution is 0.00987. The smallest absolute Gasteiger partial charge is 0.252 e. The summed E-state index contributed by atoms with van der Waals surface area (Å²) in [6.45, 7) is 0.660. The molecule has 108 valence electrons. The summed E-state index contributed by atoms with van der Waals surface area (Å²) in [5, 5.41) is 3.14. The molecule has 4 heteroatoms. The zero-order valence-corrected chi connectivity index (χ0v) is 12.7. The van der Waals surface area contributed by atoms with Gasteiger partial charge < -0.3 is 10.1 Å². The molecular weight excluding hydrogens is 270 g/mol. The summed E-state index contributed by atoms with van der Waals surface area (Å²) in [5.41, 5.74) is 0.837. The van der Waals surface area contributed by atoms with Gasteiger partial charge in [0, 0.05) is 4.90 Å². The van der Waals surface area contributed by atoms with Crippen molar-refractivity contribution in [3.8, 4) is 0 Å². The van der Waals surface area contributed by atoms with E-state index >= 15 is 0 Å². The molecule has 1 spiro atoms. The highest BCUT2D eigenvalue weighted by Crippen LogP contribution is 2.40. The predicted molar refractivity (Wildman–Crippen MR) is 81.2 cm³/mol. The molecular formula is C16H21NO2S. The first-order valence-electron chi connectivity index (χ1n) is 7.30. The molecule has 1 atom stereocenters. The maximum absolute atomic E-state index is 12.4. The van der Waals surface area contributed by atoms with Gasteiger partial charge in [-0.25, -0.2) is 0 Å². The lowest BCUT2D eigenvalue weighted by atomic mass is 9.96. The molecule has 0 aromatic heterocycles. The zero-order chi connectivity index (χ0) is 14.0. The first-order valence-corrected chi connectivity index (χ1v) is 8.53. The van der Waals surface area contributed by atoms with Gasteiger partial charge in [0.2, 0.25) is 0 Å². The Bertz CT molecular complexity index is 497. The SMILES string of the molecule is CSc1ccccc1C(=O)N[C@H]1COC2(CCCC2)C1. The third-order valence-corrected chi connectivity index (χ3v) is 5.21. The number of hydrogen-bond donors (Lipinski definition) is 1. The van der Waals surface area contributed by atoms with Crippen LogP contribution in [0, 0.1) is 0 Å². The van der Waals surface area contributed by atoms with E-state index in [9.17, 15) is 4.79 Å². The van der Waals surface area contributed by atoms with Crippen LogP contribution in [0.2, 0.25) is 0 Å². The average Bonchev–Trinajstić information content (AvgIpc) is 3.09. The Hall–Kier alpha value is -1.00. The highest BCUT2D eigenvalue weighted by molar-refractivity contribution is 7.98. The van der Waals surface area contributed by atoms with Crippen molar-refractivity contribution in [3.05, 3.63) is 29.8 Å². The highest BCUT2D eigenvalue weighted by Gasteiger charge is 2.42. The van der Waals surface area contributed by atoms with Gasteiger partial charge in [0.05, 0.1) is 23.8 Å². The van der Waals surface area contributed by atoms with E-state index in [0.29, 0.717) is 6.61 Å². The second kappa shape index (κ2) is 5.78. The monoisotopic (exact) mass is 291 g/mol. The van der Waals surface area contributed by atoms with E-state index in [1.165, 1.54) is 12.8 Å². The van der Waals surface area contributed by atoms with Crippen LogP contribution in [-0.2, 0) is 4.74 Å². The number of thioether (sulfide) groups is 1. The van der Waals surface area contributed by atoms with E-state index in [-0.39, 0.29) is 17.6 Å². The predicted octanol–water partition coefficient (Wildman–Crippen LogP) is 3.24. The first kappa shape index (κ1) is 14.0. The van der Waals surface area contributed by atoms with Crippen LogP contribution in [0.1, 0.15) is 42.5 Å². The van der Waals surface area contributed by atoms with Crippen molar-refractivity contribution in [2.75, 3.05) is 12.9 Å². The number of hydrogen-bond acceptors (Lipinski definition) is 3. The molecule has 2 fully saturated rings. The van der Waals surface area contributed by atoms with Gasteiger partial charge in [-0.1, -0.05) is 25.0 Å². The van der Waals surface area contributed by atoms with Gasteiger partial charge in [-0.05, 0) is 37.7 Å². The number of ether oxygens (including phenoxy) is 1. The van der Waals surface area contributed by atoms with Gasteiger partial charge in [-0.3, -0.25) is 4.79 Å². The van der Waals surface area contributed by atoms with E-state index in [4.69, 9.17) is 4.74 Å². The lowest BCUT2D eigenvalue weighted by Gasteiger charge is -2.21. The molecule has 1 heterocycles. The Balaban J connectivity index is 1.65. The molecule has 1 aliphatic heterocycles. The third kappa shape index (κ3) is 2.72. The normalized spacial score (nSPS) is 24.1. The topological polar surface area (TPSA) is 38.3 Å². The Morgan fingerprint density at radius 1 is 1.35 bits per heavy atom. The van der Waals surface area contributed by atoms with Crippen LogP contribution in [-0.4, -0.2) is 30.4 Å². The molecule has 2 aliphatic rings. The summed E-state index contributed by atoms with van der Waals surface area (Å²) in [6, 6.07) is 7.92. The average molecular weight is 291 g/mol. The van der Waals surface area contributed by atoms with E-state index in [1.54, 1.807) is 11.8 Å². The fourth-order valence-corrected chi connectivity index (χ4v) is 4.00. The molecule has 20 heavy (non-hydrogen) atoms. The van der Waals surface area contributed by atoms with E-state index in [2.05, 4.69) is 5.32 Å². The fourth-order valence-electron chi connectivity index (χ4n) is 3.40. The minimum atomic E-state index is 0.0265. The number of carbonyl (C=O) groups is 1. The van der Waals surface area contributed by atoms with E-state index in [1.807, 2.05) is 30.5 Å². The zero-order valence-electron chi connectivity index (χ0n) is 11.9. The molecule has 3 rings (SSSR count). The summed E-state index contributed by atoms with van der Waals surface area (Å²) in [4.78, 5) is 13.4. The number of amides is 1. The number of carbonyl (C=O) groups excluding carboxylic acids is 1. The minimum absolute atomic E-state index is 0.0265. The summed E-state index contributed by atoms with van der Waals surface area (Å²) in [7, 11) is 0. The quantitative estimate of drug-likeness (QED) is 0.869. The summed E-state index contributed by atoms with van der Waals surface area (Å²) < 4.78 is 5.99. The van der Waals surface area contributed by atoms with Crippen LogP contribution in [0.3, 0.4) is 0 Å². The van der Waals surface area contributed by atoms with Crippen molar-refractivity contribution in [2.24, 2.45) is 0 Å². The Kier molecular flexibility index (Phi) is 4.03. The lowest BCUT2D eigenvalue weighted by Crippen LogP contribution is -2.36. The number of nitrogens with one attached hydrogen (secondary N) is 1. The van der Waals surface area contributed by atoms with Crippen molar-refractivity contribution >= 4 is 17.7 Å². The maximum atomic E-state index is 12.4. The maximum Gasteiger partial charge on any atom is 0.252 e. The first-order chi connectivity index (χ1) is 9.72. The second-order valence-electron chi connectivity index (χ2n) is 5.78. The largest absolute Gasteiger partial charge is 0.373 e. The molecule has 1 aromatic rings. The standard InChI is InChI=1S/C16H21NO2S/c1-20-14-7-3-2-6-13(14)15(18)17-12-10-16(19-11-12)8-4-5-9-16/h2-3,6-7,12H,4-5,8-11H2,1H3,(H,17,18)/t12-/m1/s1. The Morgan fingerprint density at radius 3 is 2.85 bits per heavy atom. The van der Waals surface area contributed by atoms with Crippen molar-refractivity contribution in [1.29, 1.82) is 0 Å². The fraction of sp³-hybridized carbons (Fsp3) is 0.562. The molecule has 0 unspecified atom stereocenters. The molecule has 1 aliphatic carbocycles. The number of benzene rings is 1. The van der Waals surface area contributed by atoms with Gasteiger partial charge in [-0.2, -0.15) is 0 Å². The molecule has 1 N–H and O–H groups in total. The molecule has 1 amide bonds. The van der Waals surface area contributed by atoms with Crippen molar-refractivity contribution in [2.45, 2.75) is 48.6 Å². The second-order valence-corrected chi connectivity index (χ2v) is 6.62. The minimum Gasteiger partial charge on any atom is -0.373 e. The van der Waals surface area contributed by atoms with Gasteiger partial charge in [-0.15, -0.1) is 11.8 Å². The van der Waals surface area contributed by atoms with Crippen molar-refractivity contribution in [1.82, 2.24) is 5.32 Å². The molecule has 0 radical (unpaired) electrons. The third-order valence-electron chi connectivity index (χ3n) is 4.41. The molecule has 1 saturated carbocycles. The number of rotatable bonds is 3. The Labute approximate surface area is 124 Å². The van der Waals surface area contributed by atoms with Crippen molar-refractivity contribution < 1.29 is 9.53 Å². The van der Waals surface area contributed by atoms with Crippen LogP contribution in [0.15, 0.2) is 29.2 Å². The molecule has 1 aromatic carbocycles. The van der Waals surface area contributed by atoms with E-state index < -0.39 is 0 Å². The van der Waals surface area contributed by atoms with Crippen LogP contribution in [0.5, 0.6) is 0 Å². The molecule has 1 saturated heterocycles. The molecule has 3 nitrogen and oxygen atoms in total. The van der Waals surface area contributed by atoms with Gasteiger partial charge >= 0.3 is 0 Å². The van der Waals surface area contributed by atoms with Crippen LogP contribution >= 0.6 is 11.8 Å². The highest BCUT2D eigenvalue weighted by atomic mass is 32.2. The van der Waals surface area contributed by atoms with Gasteiger partial charge in [0.15, 0.2) is 0 Å². The summed E-state index contributed by atoms with van der Waals surface area (Å²) in [5.74, 6) is 0.0265.